The maximum Gasteiger partial charge on any atom is 0.337 e. The first-order chi connectivity index (χ1) is 7.47. The fraction of sp³-hybridized carbons (Fsp3) is 0.200. The number of primary amides is 1. The molecule has 1 unspecified atom stereocenters. The van der Waals surface area contributed by atoms with Gasteiger partial charge < -0.3 is 21.9 Å². The van der Waals surface area contributed by atoms with Gasteiger partial charge in [-0.3, -0.25) is 4.79 Å². The molecule has 1 amide bonds. The molecule has 1 aromatic carbocycles. The normalized spacial score (nSPS) is 11.9. The first-order valence-electron chi connectivity index (χ1n) is 4.50. The molecule has 6 N–H and O–H groups in total. The SMILES string of the molecule is COC(=O)c1ccc(C(N)C(N)=O)c(N)c1. The number of nitrogen functional groups attached to an aromatic ring is 1. The van der Waals surface area contributed by atoms with E-state index < -0.39 is 17.9 Å². The van der Waals surface area contributed by atoms with Crippen LogP contribution in [0.4, 0.5) is 5.69 Å². The molecule has 1 rings (SSSR count). The molecule has 1 aromatic rings. The van der Waals surface area contributed by atoms with Crippen molar-refractivity contribution >= 4 is 17.6 Å². The van der Waals surface area contributed by atoms with E-state index in [2.05, 4.69) is 4.74 Å². The second kappa shape index (κ2) is 4.63. The van der Waals surface area contributed by atoms with Gasteiger partial charge in [-0.25, -0.2) is 4.79 Å². The predicted molar refractivity (Wildman–Crippen MR) is 58.3 cm³/mol. The third-order valence-corrected chi connectivity index (χ3v) is 2.15. The molecule has 0 aliphatic rings. The van der Waals surface area contributed by atoms with E-state index >= 15 is 0 Å². The molecule has 0 aliphatic carbocycles. The number of amides is 1. The zero-order valence-corrected chi connectivity index (χ0v) is 8.77. The lowest BCUT2D eigenvalue weighted by Crippen LogP contribution is -2.29. The van der Waals surface area contributed by atoms with Gasteiger partial charge >= 0.3 is 5.97 Å². The number of hydrogen-bond donors (Lipinski definition) is 3. The zero-order valence-electron chi connectivity index (χ0n) is 8.77. The summed E-state index contributed by atoms with van der Waals surface area (Å²) in [5.74, 6) is -1.19. The molecule has 0 saturated heterocycles. The van der Waals surface area contributed by atoms with E-state index in [9.17, 15) is 9.59 Å². The third-order valence-electron chi connectivity index (χ3n) is 2.15. The number of nitrogens with two attached hydrogens (primary N) is 3. The predicted octanol–water partition coefficient (Wildman–Crippen LogP) is -0.459. The Hall–Kier alpha value is -2.08. The highest BCUT2D eigenvalue weighted by molar-refractivity contribution is 5.91. The van der Waals surface area contributed by atoms with E-state index in [1.807, 2.05) is 0 Å². The maximum absolute atomic E-state index is 11.2. The average molecular weight is 223 g/mol. The van der Waals surface area contributed by atoms with Crippen LogP contribution in [0.15, 0.2) is 18.2 Å². The summed E-state index contributed by atoms with van der Waals surface area (Å²) in [6.07, 6.45) is 0. The summed E-state index contributed by atoms with van der Waals surface area (Å²) in [6.45, 7) is 0. The molecule has 0 radical (unpaired) electrons. The van der Waals surface area contributed by atoms with E-state index in [0.29, 0.717) is 11.1 Å². The maximum atomic E-state index is 11.2. The van der Waals surface area contributed by atoms with Crippen molar-refractivity contribution in [2.75, 3.05) is 12.8 Å². The number of methoxy groups -OCH3 is 1. The van der Waals surface area contributed by atoms with Gasteiger partial charge in [0.25, 0.3) is 0 Å². The fourth-order valence-corrected chi connectivity index (χ4v) is 1.26. The minimum Gasteiger partial charge on any atom is -0.465 e. The minimum absolute atomic E-state index is 0.231. The highest BCUT2D eigenvalue weighted by Gasteiger charge is 2.16. The van der Waals surface area contributed by atoms with Crippen molar-refractivity contribution < 1.29 is 14.3 Å². The topological polar surface area (TPSA) is 121 Å². The number of carbonyl (C=O) groups is 2. The van der Waals surface area contributed by atoms with Gasteiger partial charge in [0, 0.05) is 11.3 Å². The van der Waals surface area contributed by atoms with E-state index in [1.165, 1.54) is 25.3 Å². The van der Waals surface area contributed by atoms with Crippen molar-refractivity contribution in [1.29, 1.82) is 0 Å². The van der Waals surface area contributed by atoms with Crippen LogP contribution in [0, 0.1) is 0 Å². The van der Waals surface area contributed by atoms with Crippen molar-refractivity contribution in [2.45, 2.75) is 6.04 Å². The van der Waals surface area contributed by atoms with Gasteiger partial charge in [-0.1, -0.05) is 6.07 Å². The number of hydrogen-bond acceptors (Lipinski definition) is 5. The Bertz CT molecular complexity index is 431. The Morgan fingerprint density at radius 3 is 2.44 bits per heavy atom. The lowest BCUT2D eigenvalue weighted by molar-refractivity contribution is -0.119. The Kier molecular flexibility index (Phi) is 3.47. The van der Waals surface area contributed by atoms with Crippen LogP contribution in [-0.4, -0.2) is 19.0 Å². The minimum atomic E-state index is -0.980. The summed E-state index contributed by atoms with van der Waals surface area (Å²) in [5.41, 5.74) is 17.1. The van der Waals surface area contributed by atoms with Crippen molar-refractivity contribution in [3.63, 3.8) is 0 Å². The highest BCUT2D eigenvalue weighted by Crippen LogP contribution is 2.20. The molecule has 86 valence electrons. The standard InChI is InChI=1S/C10H13N3O3/c1-16-10(15)5-2-3-6(7(11)4-5)8(12)9(13)14/h2-4,8H,11-12H2,1H3,(H2,13,14). The van der Waals surface area contributed by atoms with E-state index in [4.69, 9.17) is 17.2 Å². The van der Waals surface area contributed by atoms with Gasteiger partial charge in [0.1, 0.15) is 6.04 Å². The van der Waals surface area contributed by atoms with Gasteiger partial charge in [0.05, 0.1) is 12.7 Å². The van der Waals surface area contributed by atoms with Gasteiger partial charge in [-0.2, -0.15) is 0 Å². The van der Waals surface area contributed by atoms with Gasteiger partial charge in [-0.15, -0.1) is 0 Å². The van der Waals surface area contributed by atoms with Crippen molar-refractivity contribution in [1.82, 2.24) is 0 Å². The van der Waals surface area contributed by atoms with Gasteiger partial charge in [-0.05, 0) is 12.1 Å². The average Bonchev–Trinajstić information content (AvgIpc) is 2.26. The first-order valence-corrected chi connectivity index (χ1v) is 4.50. The molecule has 0 aromatic heterocycles. The third kappa shape index (κ3) is 2.29. The van der Waals surface area contributed by atoms with E-state index in [0.717, 1.165) is 0 Å². The lowest BCUT2D eigenvalue weighted by Gasteiger charge is -2.11. The number of anilines is 1. The van der Waals surface area contributed by atoms with Crippen LogP contribution in [0.5, 0.6) is 0 Å². The quantitative estimate of drug-likeness (QED) is 0.473. The largest absolute Gasteiger partial charge is 0.465 e. The number of carbonyl (C=O) groups excluding carboxylic acids is 2. The summed E-state index contributed by atoms with van der Waals surface area (Å²) >= 11 is 0. The van der Waals surface area contributed by atoms with E-state index in [1.54, 1.807) is 0 Å². The summed E-state index contributed by atoms with van der Waals surface area (Å²) in [6, 6.07) is 3.37. The van der Waals surface area contributed by atoms with E-state index in [-0.39, 0.29) is 5.69 Å². The van der Waals surface area contributed by atoms with Crippen molar-refractivity contribution in [3.05, 3.63) is 29.3 Å². The summed E-state index contributed by atoms with van der Waals surface area (Å²) < 4.78 is 4.52. The molecular formula is C10H13N3O3. The monoisotopic (exact) mass is 223 g/mol. The summed E-state index contributed by atoms with van der Waals surface area (Å²) in [4.78, 5) is 22.1. The molecule has 1 atom stereocenters. The molecule has 0 spiro atoms. The molecule has 16 heavy (non-hydrogen) atoms. The molecular weight excluding hydrogens is 210 g/mol. The van der Waals surface area contributed by atoms with Crippen LogP contribution in [0.25, 0.3) is 0 Å². The number of benzene rings is 1. The van der Waals surface area contributed by atoms with Crippen LogP contribution < -0.4 is 17.2 Å². The Labute approximate surface area is 92.3 Å². The van der Waals surface area contributed by atoms with Crippen LogP contribution in [0.3, 0.4) is 0 Å². The molecule has 0 saturated carbocycles. The smallest absolute Gasteiger partial charge is 0.337 e. The summed E-state index contributed by atoms with van der Waals surface area (Å²) in [7, 11) is 1.27. The van der Waals surface area contributed by atoms with Gasteiger partial charge in [0.15, 0.2) is 0 Å². The summed E-state index contributed by atoms with van der Waals surface area (Å²) in [5, 5.41) is 0. The van der Waals surface area contributed by atoms with Crippen LogP contribution >= 0.6 is 0 Å². The fourth-order valence-electron chi connectivity index (χ4n) is 1.26. The Morgan fingerprint density at radius 1 is 1.38 bits per heavy atom. The lowest BCUT2D eigenvalue weighted by atomic mass is 10.0. The molecule has 6 nitrogen and oxygen atoms in total. The molecule has 0 bridgehead atoms. The molecule has 0 fully saturated rings. The molecule has 0 aliphatic heterocycles. The molecule has 6 heteroatoms. The second-order valence-corrected chi connectivity index (χ2v) is 3.22. The van der Waals surface area contributed by atoms with Gasteiger partial charge in [0.2, 0.25) is 5.91 Å². The number of esters is 1. The molecule has 0 heterocycles. The van der Waals surface area contributed by atoms with Crippen molar-refractivity contribution in [3.8, 4) is 0 Å². The second-order valence-electron chi connectivity index (χ2n) is 3.22. The highest BCUT2D eigenvalue weighted by atomic mass is 16.5. The van der Waals surface area contributed by atoms with Crippen LogP contribution in [0.2, 0.25) is 0 Å². The first kappa shape index (κ1) is 12.0. The zero-order chi connectivity index (χ0) is 12.3. The van der Waals surface area contributed by atoms with Crippen LogP contribution in [-0.2, 0) is 9.53 Å². The number of ether oxygens (including phenoxy) is 1. The van der Waals surface area contributed by atoms with Crippen LogP contribution in [0.1, 0.15) is 22.0 Å². The Balaban J connectivity index is 3.09. The van der Waals surface area contributed by atoms with Crippen molar-refractivity contribution in [2.24, 2.45) is 11.5 Å². The Morgan fingerprint density at radius 2 is 2.00 bits per heavy atom. The number of rotatable bonds is 3.